The van der Waals surface area contributed by atoms with Crippen molar-refractivity contribution in [1.29, 1.82) is 0 Å². The van der Waals surface area contributed by atoms with E-state index < -0.39 is 0 Å². The second-order valence-corrected chi connectivity index (χ2v) is 5.82. The molecule has 128 valence electrons. The zero-order chi connectivity index (χ0) is 16.3. The summed E-state index contributed by atoms with van der Waals surface area (Å²) in [6.45, 7) is 4.53. The van der Waals surface area contributed by atoms with Crippen LogP contribution in [-0.4, -0.2) is 12.6 Å². The number of carbonyl (C=O) groups is 1. The van der Waals surface area contributed by atoms with Crippen LogP contribution in [0.25, 0.3) is 0 Å². The molecule has 0 N–H and O–H groups in total. The molecule has 0 spiro atoms. The molecule has 0 amide bonds. The number of carbonyl (C=O) groups excluding carboxylic acids is 1. The molecule has 0 aromatic rings. The summed E-state index contributed by atoms with van der Waals surface area (Å²) in [5.41, 5.74) is 0. The van der Waals surface area contributed by atoms with Gasteiger partial charge in [0, 0.05) is 6.08 Å². The summed E-state index contributed by atoms with van der Waals surface area (Å²) in [6, 6.07) is 0. The minimum Gasteiger partial charge on any atom is -0.463 e. The van der Waals surface area contributed by atoms with E-state index in [1.54, 1.807) is 0 Å². The summed E-state index contributed by atoms with van der Waals surface area (Å²) in [5.74, 6) is -0.235. The normalized spacial score (nSPS) is 11.5. The molecular formula is C20H36O2. The number of ether oxygens (including phenoxy) is 1. The number of hydrogen-bond donors (Lipinski definition) is 0. The third-order valence-electron chi connectivity index (χ3n) is 3.68. The predicted molar refractivity (Wildman–Crippen MR) is 96.0 cm³/mol. The van der Waals surface area contributed by atoms with E-state index in [9.17, 15) is 4.79 Å². The van der Waals surface area contributed by atoms with E-state index in [1.165, 1.54) is 70.3 Å². The van der Waals surface area contributed by atoms with Crippen LogP contribution in [0, 0.1) is 0 Å². The first-order chi connectivity index (χ1) is 10.8. The van der Waals surface area contributed by atoms with Crippen LogP contribution in [0.5, 0.6) is 0 Å². The van der Waals surface area contributed by atoms with Crippen molar-refractivity contribution in [2.75, 3.05) is 6.61 Å². The third-order valence-corrected chi connectivity index (χ3v) is 3.68. The summed E-state index contributed by atoms with van der Waals surface area (Å²) in [5, 5.41) is 0. The highest BCUT2D eigenvalue weighted by atomic mass is 16.5. The van der Waals surface area contributed by atoms with Gasteiger partial charge in [-0.1, -0.05) is 76.5 Å². The minimum absolute atomic E-state index is 0.235. The van der Waals surface area contributed by atoms with Gasteiger partial charge in [-0.2, -0.15) is 0 Å². The molecule has 0 aliphatic rings. The van der Waals surface area contributed by atoms with E-state index in [0.717, 1.165) is 12.8 Å². The lowest BCUT2D eigenvalue weighted by Crippen LogP contribution is -1.98. The van der Waals surface area contributed by atoms with E-state index in [-0.39, 0.29) is 5.97 Å². The average Bonchev–Trinajstić information content (AvgIpc) is 2.51. The van der Waals surface area contributed by atoms with Crippen molar-refractivity contribution in [3.8, 4) is 0 Å². The summed E-state index contributed by atoms with van der Waals surface area (Å²) in [4.78, 5) is 11.0. The highest BCUT2D eigenvalue weighted by Gasteiger charge is 1.92. The number of esters is 1. The fourth-order valence-electron chi connectivity index (χ4n) is 2.37. The van der Waals surface area contributed by atoms with Gasteiger partial charge in [0.25, 0.3) is 0 Å². The van der Waals surface area contributed by atoms with E-state index in [0.29, 0.717) is 6.61 Å². The van der Waals surface area contributed by atoms with Crippen LogP contribution in [0.1, 0.15) is 90.9 Å². The van der Waals surface area contributed by atoms with Crippen molar-refractivity contribution in [2.45, 2.75) is 90.9 Å². The van der Waals surface area contributed by atoms with Gasteiger partial charge in [-0.25, -0.2) is 4.79 Å². The molecule has 0 saturated carbocycles. The first-order valence-electron chi connectivity index (χ1n) is 9.29. The quantitative estimate of drug-likeness (QED) is 0.152. The minimum atomic E-state index is -0.235. The fraction of sp³-hybridized carbons (Fsp3) is 0.750. The predicted octanol–water partition coefficient (Wildman–Crippen LogP) is 6.36. The van der Waals surface area contributed by atoms with Crippen LogP contribution in [-0.2, 0) is 9.53 Å². The second kappa shape index (κ2) is 18.0. The van der Waals surface area contributed by atoms with Crippen molar-refractivity contribution >= 4 is 5.97 Å². The van der Waals surface area contributed by atoms with E-state index in [4.69, 9.17) is 4.74 Å². The first kappa shape index (κ1) is 20.9. The molecule has 2 nitrogen and oxygen atoms in total. The molecule has 0 aliphatic carbocycles. The van der Waals surface area contributed by atoms with Crippen molar-refractivity contribution in [1.82, 2.24) is 0 Å². The van der Waals surface area contributed by atoms with Crippen molar-refractivity contribution < 1.29 is 9.53 Å². The van der Waals surface area contributed by atoms with Gasteiger partial charge in [0.2, 0.25) is 0 Å². The van der Waals surface area contributed by atoms with Gasteiger partial charge in [-0.05, 0) is 32.6 Å². The summed E-state index contributed by atoms with van der Waals surface area (Å²) >= 11 is 0. The SMILES string of the molecule is CCCCCCCCCCCC=CCCC=CC(=O)OCC. The van der Waals surface area contributed by atoms with Crippen LogP contribution < -0.4 is 0 Å². The Hall–Kier alpha value is -1.05. The molecule has 0 heterocycles. The number of rotatable bonds is 15. The largest absolute Gasteiger partial charge is 0.463 e. The van der Waals surface area contributed by atoms with Gasteiger partial charge >= 0.3 is 5.97 Å². The Kier molecular flexibility index (Phi) is 17.1. The zero-order valence-corrected chi connectivity index (χ0v) is 14.8. The van der Waals surface area contributed by atoms with Crippen LogP contribution >= 0.6 is 0 Å². The van der Waals surface area contributed by atoms with E-state index in [1.807, 2.05) is 13.0 Å². The summed E-state index contributed by atoms with van der Waals surface area (Å²) < 4.78 is 4.82. The molecule has 0 bridgehead atoms. The zero-order valence-electron chi connectivity index (χ0n) is 14.8. The molecular weight excluding hydrogens is 272 g/mol. The lowest BCUT2D eigenvalue weighted by molar-refractivity contribution is -0.137. The van der Waals surface area contributed by atoms with Crippen LogP contribution in [0.4, 0.5) is 0 Å². The lowest BCUT2D eigenvalue weighted by atomic mass is 10.1. The molecule has 0 unspecified atom stereocenters. The highest BCUT2D eigenvalue weighted by molar-refractivity contribution is 5.81. The molecule has 0 saturated heterocycles. The molecule has 22 heavy (non-hydrogen) atoms. The topological polar surface area (TPSA) is 26.3 Å². The molecule has 0 aromatic heterocycles. The standard InChI is InChI=1S/C20H36O2/c1-3-5-6-7-8-9-10-11-12-13-14-15-16-17-18-19-20(21)22-4-2/h14-15,18-19H,3-13,16-17H2,1-2H3. The average molecular weight is 309 g/mol. The van der Waals surface area contributed by atoms with Gasteiger partial charge in [-0.15, -0.1) is 0 Å². The maximum Gasteiger partial charge on any atom is 0.330 e. The first-order valence-corrected chi connectivity index (χ1v) is 9.29. The molecule has 0 aliphatic heterocycles. The molecule has 0 fully saturated rings. The van der Waals surface area contributed by atoms with Gasteiger partial charge in [-0.3, -0.25) is 0 Å². The van der Waals surface area contributed by atoms with Gasteiger partial charge in [0.15, 0.2) is 0 Å². The van der Waals surface area contributed by atoms with E-state index >= 15 is 0 Å². The Bertz CT molecular complexity index is 292. The molecule has 0 aromatic carbocycles. The Morgan fingerprint density at radius 1 is 0.727 bits per heavy atom. The summed E-state index contributed by atoms with van der Waals surface area (Å²) in [7, 11) is 0. The Balaban J connectivity index is 3.22. The third kappa shape index (κ3) is 17.0. The van der Waals surface area contributed by atoms with Crippen molar-refractivity contribution in [3.05, 3.63) is 24.3 Å². The Morgan fingerprint density at radius 2 is 1.27 bits per heavy atom. The van der Waals surface area contributed by atoms with Gasteiger partial charge in [0.05, 0.1) is 6.61 Å². The maximum absolute atomic E-state index is 11.0. The smallest absolute Gasteiger partial charge is 0.330 e. The van der Waals surface area contributed by atoms with E-state index in [2.05, 4.69) is 19.1 Å². The monoisotopic (exact) mass is 308 g/mol. The Labute approximate surface area is 138 Å². The molecule has 0 atom stereocenters. The van der Waals surface area contributed by atoms with Crippen LogP contribution in [0.15, 0.2) is 24.3 Å². The molecule has 0 rings (SSSR count). The number of unbranched alkanes of at least 4 members (excludes halogenated alkanes) is 10. The lowest BCUT2D eigenvalue weighted by Gasteiger charge is -2.00. The van der Waals surface area contributed by atoms with Gasteiger partial charge in [0.1, 0.15) is 0 Å². The number of hydrogen-bond acceptors (Lipinski definition) is 2. The second-order valence-electron chi connectivity index (χ2n) is 5.82. The molecule has 2 heteroatoms. The number of allylic oxidation sites excluding steroid dienone is 3. The van der Waals surface area contributed by atoms with Crippen LogP contribution in [0.3, 0.4) is 0 Å². The maximum atomic E-state index is 11.0. The van der Waals surface area contributed by atoms with Crippen molar-refractivity contribution in [3.63, 3.8) is 0 Å². The van der Waals surface area contributed by atoms with Crippen molar-refractivity contribution in [2.24, 2.45) is 0 Å². The Morgan fingerprint density at radius 3 is 1.91 bits per heavy atom. The highest BCUT2D eigenvalue weighted by Crippen LogP contribution is 2.10. The fourth-order valence-corrected chi connectivity index (χ4v) is 2.37. The molecule has 0 radical (unpaired) electrons. The van der Waals surface area contributed by atoms with Crippen LogP contribution in [0.2, 0.25) is 0 Å². The van der Waals surface area contributed by atoms with Gasteiger partial charge < -0.3 is 4.74 Å². The summed E-state index contributed by atoms with van der Waals surface area (Å²) in [6.07, 6.45) is 23.5.